The van der Waals surface area contributed by atoms with Crippen LogP contribution in [0.1, 0.15) is 32.6 Å². The quantitative estimate of drug-likeness (QED) is 0.542. The third kappa shape index (κ3) is 5.33. The molecule has 0 saturated heterocycles. The van der Waals surface area contributed by atoms with Gasteiger partial charge in [-0.25, -0.2) is 0 Å². The van der Waals surface area contributed by atoms with Crippen molar-refractivity contribution < 1.29 is 9.53 Å². The molecule has 4 nitrogen and oxygen atoms in total. The Morgan fingerprint density at radius 2 is 2.18 bits per heavy atom. The molecular weight excluding hydrogens is 216 g/mol. The van der Waals surface area contributed by atoms with Crippen molar-refractivity contribution in [3.05, 3.63) is 12.2 Å². The van der Waals surface area contributed by atoms with Crippen LogP contribution in [0.4, 0.5) is 0 Å². The lowest BCUT2D eigenvalue weighted by Gasteiger charge is -2.27. The number of hydrogen-bond donors (Lipinski definition) is 2. The van der Waals surface area contributed by atoms with E-state index < -0.39 is 0 Å². The number of ether oxygens (including phenoxy) is 1. The third-order valence-corrected chi connectivity index (χ3v) is 3.05. The van der Waals surface area contributed by atoms with Crippen LogP contribution in [-0.4, -0.2) is 31.7 Å². The van der Waals surface area contributed by atoms with Crippen LogP contribution in [0.25, 0.3) is 0 Å². The minimum atomic E-state index is -0.00936. The van der Waals surface area contributed by atoms with E-state index in [0.717, 1.165) is 31.3 Å². The Bertz CT molecular complexity index is 266. The maximum atomic E-state index is 11.8. The molecular formula is C13H24N2O2. The van der Waals surface area contributed by atoms with Crippen molar-refractivity contribution in [2.24, 2.45) is 11.7 Å². The lowest BCUT2D eigenvalue weighted by atomic mass is 9.84. The largest absolute Gasteiger partial charge is 0.375 e. The number of hydrogen-bond acceptors (Lipinski definition) is 3. The fraction of sp³-hybridized carbons (Fsp3) is 0.769. The molecule has 1 fully saturated rings. The summed E-state index contributed by atoms with van der Waals surface area (Å²) in [5.41, 5.74) is 6.94. The topological polar surface area (TPSA) is 64.3 Å². The second kappa shape index (κ2) is 7.45. The summed E-state index contributed by atoms with van der Waals surface area (Å²) in [5, 5.41) is 2.88. The Kier molecular flexibility index (Phi) is 6.22. The van der Waals surface area contributed by atoms with Crippen LogP contribution in [0.3, 0.4) is 0 Å². The molecule has 1 aliphatic carbocycles. The smallest absolute Gasteiger partial charge is 0.224 e. The number of nitrogens with one attached hydrogen (secondary N) is 1. The molecule has 0 radical (unpaired) electrons. The summed E-state index contributed by atoms with van der Waals surface area (Å²) in [4.78, 5) is 11.8. The fourth-order valence-corrected chi connectivity index (χ4v) is 2.11. The minimum absolute atomic E-state index is 0.00936. The highest BCUT2D eigenvalue weighted by atomic mass is 16.5. The zero-order valence-electron chi connectivity index (χ0n) is 10.7. The van der Waals surface area contributed by atoms with E-state index in [0.29, 0.717) is 19.8 Å². The summed E-state index contributed by atoms with van der Waals surface area (Å²) in [6, 6.07) is 0.0279. The Balaban J connectivity index is 2.13. The maximum absolute atomic E-state index is 11.8. The molecule has 3 N–H and O–H groups in total. The van der Waals surface area contributed by atoms with Gasteiger partial charge < -0.3 is 15.8 Å². The van der Waals surface area contributed by atoms with Crippen molar-refractivity contribution in [1.29, 1.82) is 0 Å². The molecule has 1 saturated carbocycles. The zero-order chi connectivity index (χ0) is 12.7. The Labute approximate surface area is 104 Å². The average Bonchev–Trinajstić information content (AvgIpc) is 2.28. The van der Waals surface area contributed by atoms with Gasteiger partial charge >= 0.3 is 0 Å². The van der Waals surface area contributed by atoms with Crippen molar-refractivity contribution in [3.63, 3.8) is 0 Å². The summed E-state index contributed by atoms with van der Waals surface area (Å²) < 4.78 is 5.31. The molecule has 1 rings (SSSR count). The van der Waals surface area contributed by atoms with Gasteiger partial charge in [-0.1, -0.05) is 25.0 Å². The van der Waals surface area contributed by atoms with Crippen molar-refractivity contribution in [3.8, 4) is 0 Å². The molecule has 2 atom stereocenters. The number of rotatable bonds is 6. The van der Waals surface area contributed by atoms with Gasteiger partial charge in [0, 0.05) is 12.6 Å². The van der Waals surface area contributed by atoms with E-state index in [9.17, 15) is 4.79 Å². The Morgan fingerprint density at radius 3 is 2.82 bits per heavy atom. The monoisotopic (exact) mass is 240 g/mol. The first-order valence-electron chi connectivity index (χ1n) is 6.36. The van der Waals surface area contributed by atoms with Gasteiger partial charge in [0.15, 0.2) is 0 Å². The minimum Gasteiger partial charge on any atom is -0.375 e. The van der Waals surface area contributed by atoms with Crippen molar-refractivity contribution >= 4 is 5.91 Å². The lowest BCUT2D eigenvalue weighted by molar-refractivity contribution is -0.126. The third-order valence-electron chi connectivity index (χ3n) is 3.05. The summed E-state index contributed by atoms with van der Waals surface area (Å²) in [5.74, 6) is 0.0704. The molecule has 4 heteroatoms. The van der Waals surface area contributed by atoms with Crippen molar-refractivity contribution in [2.45, 2.75) is 38.6 Å². The SMILES string of the molecule is C=C(C)COCCNC(=O)C1CCCCC1N. The molecule has 0 spiro atoms. The molecule has 0 aromatic heterocycles. The molecule has 0 bridgehead atoms. The van der Waals surface area contributed by atoms with Crippen molar-refractivity contribution in [2.75, 3.05) is 19.8 Å². The predicted octanol–water partition coefficient (Wildman–Crippen LogP) is 1.21. The van der Waals surface area contributed by atoms with Gasteiger partial charge in [-0.15, -0.1) is 0 Å². The standard InChI is InChI=1S/C13H24N2O2/c1-10(2)9-17-8-7-15-13(16)11-5-3-4-6-12(11)14/h11-12H,1,3-9,14H2,2H3,(H,15,16). The first-order valence-corrected chi connectivity index (χ1v) is 6.36. The van der Waals surface area contributed by atoms with Crippen LogP contribution in [-0.2, 0) is 9.53 Å². The van der Waals surface area contributed by atoms with E-state index in [1.165, 1.54) is 0 Å². The van der Waals surface area contributed by atoms with Gasteiger partial charge in [-0.2, -0.15) is 0 Å². The second-order valence-electron chi connectivity index (χ2n) is 4.86. The van der Waals surface area contributed by atoms with Crippen molar-refractivity contribution in [1.82, 2.24) is 5.32 Å². The molecule has 2 unspecified atom stereocenters. The van der Waals surface area contributed by atoms with Gasteiger partial charge in [0.1, 0.15) is 0 Å². The second-order valence-corrected chi connectivity index (χ2v) is 4.86. The van der Waals surface area contributed by atoms with E-state index in [-0.39, 0.29) is 17.9 Å². The normalized spacial score (nSPS) is 24.4. The van der Waals surface area contributed by atoms with Crippen LogP contribution < -0.4 is 11.1 Å². The highest BCUT2D eigenvalue weighted by Gasteiger charge is 2.27. The number of carbonyl (C=O) groups is 1. The summed E-state index contributed by atoms with van der Waals surface area (Å²) >= 11 is 0. The molecule has 98 valence electrons. The number of carbonyl (C=O) groups excluding carboxylic acids is 1. The van der Waals surface area contributed by atoms with Crippen LogP contribution >= 0.6 is 0 Å². The van der Waals surface area contributed by atoms with Gasteiger partial charge in [0.25, 0.3) is 0 Å². The van der Waals surface area contributed by atoms with Crippen LogP contribution in [0, 0.1) is 5.92 Å². The maximum Gasteiger partial charge on any atom is 0.224 e. The highest BCUT2D eigenvalue weighted by Crippen LogP contribution is 2.22. The summed E-state index contributed by atoms with van der Waals surface area (Å²) in [6.07, 6.45) is 4.13. The van der Waals surface area contributed by atoms with Gasteiger partial charge in [-0.05, 0) is 19.8 Å². The van der Waals surface area contributed by atoms with E-state index in [2.05, 4.69) is 11.9 Å². The van der Waals surface area contributed by atoms with Crippen LogP contribution in [0.15, 0.2) is 12.2 Å². The zero-order valence-corrected chi connectivity index (χ0v) is 10.7. The van der Waals surface area contributed by atoms with Gasteiger partial charge in [0.2, 0.25) is 5.91 Å². The molecule has 0 aromatic rings. The summed E-state index contributed by atoms with van der Waals surface area (Å²) in [6.45, 7) is 7.29. The van der Waals surface area contributed by atoms with Crippen LogP contribution in [0.5, 0.6) is 0 Å². The number of amides is 1. The van der Waals surface area contributed by atoms with Gasteiger partial charge in [-0.3, -0.25) is 4.79 Å². The molecule has 1 amide bonds. The summed E-state index contributed by atoms with van der Waals surface area (Å²) in [7, 11) is 0. The lowest BCUT2D eigenvalue weighted by Crippen LogP contribution is -2.44. The van der Waals surface area contributed by atoms with E-state index in [1.807, 2.05) is 6.92 Å². The fourth-order valence-electron chi connectivity index (χ4n) is 2.11. The van der Waals surface area contributed by atoms with Crippen LogP contribution in [0.2, 0.25) is 0 Å². The number of nitrogens with two attached hydrogens (primary N) is 1. The van der Waals surface area contributed by atoms with E-state index in [1.54, 1.807) is 0 Å². The Morgan fingerprint density at radius 1 is 1.47 bits per heavy atom. The first kappa shape index (κ1) is 14.2. The first-order chi connectivity index (χ1) is 8.11. The molecule has 1 aliphatic rings. The molecule has 0 aromatic carbocycles. The Hall–Kier alpha value is -0.870. The molecule has 0 aliphatic heterocycles. The predicted molar refractivity (Wildman–Crippen MR) is 68.6 cm³/mol. The van der Waals surface area contributed by atoms with Gasteiger partial charge in [0.05, 0.1) is 19.1 Å². The van der Waals surface area contributed by atoms with E-state index in [4.69, 9.17) is 10.5 Å². The van der Waals surface area contributed by atoms with E-state index >= 15 is 0 Å². The average molecular weight is 240 g/mol. The highest BCUT2D eigenvalue weighted by molar-refractivity contribution is 5.79. The molecule has 17 heavy (non-hydrogen) atoms. The molecule has 0 heterocycles.